The van der Waals surface area contributed by atoms with Gasteiger partial charge in [-0.25, -0.2) is 0 Å². The third-order valence-electron chi connectivity index (χ3n) is 4.43. The Morgan fingerprint density at radius 2 is 2.00 bits per heavy atom. The summed E-state index contributed by atoms with van der Waals surface area (Å²) in [6.45, 7) is 4.00. The minimum Gasteiger partial charge on any atom is -0.493 e. The van der Waals surface area contributed by atoms with Crippen molar-refractivity contribution in [3.8, 4) is 5.75 Å². The van der Waals surface area contributed by atoms with Crippen LogP contribution in [0.1, 0.15) is 36.8 Å². The summed E-state index contributed by atoms with van der Waals surface area (Å²) in [7, 11) is 0. The zero-order valence-corrected chi connectivity index (χ0v) is 15.4. The second-order valence-electron chi connectivity index (χ2n) is 6.92. The zero-order chi connectivity index (χ0) is 18.2. The summed E-state index contributed by atoms with van der Waals surface area (Å²) in [4.78, 5) is 12.1. The number of hydrogen-bond acceptors (Lipinski definition) is 3. The predicted molar refractivity (Wildman–Crippen MR) is 103 cm³/mol. The molecule has 1 aliphatic rings. The molecule has 2 aromatic rings. The van der Waals surface area contributed by atoms with Gasteiger partial charge < -0.3 is 14.8 Å². The number of benzene rings is 2. The van der Waals surface area contributed by atoms with Crippen LogP contribution in [0.4, 0.5) is 5.69 Å². The highest BCUT2D eigenvalue weighted by molar-refractivity contribution is 5.90. The van der Waals surface area contributed by atoms with Crippen LogP contribution in [-0.4, -0.2) is 19.1 Å². The summed E-state index contributed by atoms with van der Waals surface area (Å²) in [5.41, 5.74) is 3.02. The van der Waals surface area contributed by atoms with Gasteiger partial charge in [0.2, 0.25) is 5.91 Å². The molecule has 0 radical (unpaired) electrons. The lowest BCUT2D eigenvalue weighted by Crippen LogP contribution is -2.13. The molecular weight excluding hydrogens is 326 g/mol. The summed E-state index contributed by atoms with van der Waals surface area (Å²) >= 11 is 0. The minimum absolute atomic E-state index is 0.00873. The normalized spacial score (nSPS) is 13.4. The lowest BCUT2D eigenvalue weighted by Gasteiger charge is -2.10. The fourth-order valence-corrected chi connectivity index (χ4v) is 2.72. The Hall–Kier alpha value is -2.33. The number of anilines is 1. The standard InChI is InChI=1S/C22H27NO3/c1-17-6-2-3-9-21(17)26-13-5-10-22(24)23-20-8-4-7-19(14-20)16-25-15-18-11-12-18/h2-4,6-9,14,18H,5,10-13,15-16H2,1H3,(H,23,24). The molecule has 4 heteroatoms. The molecule has 1 fully saturated rings. The van der Waals surface area contributed by atoms with Crippen molar-refractivity contribution in [2.75, 3.05) is 18.5 Å². The van der Waals surface area contributed by atoms with Gasteiger partial charge in [0.15, 0.2) is 0 Å². The van der Waals surface area contributed by atoms with Crippen LogP contribution in [0.5, 0.6) is 5.75 Å². The first kappa shape index (κ1) is 18.5. The maximum Gasteiger partial charge on any atom is 0.224 e. The van der Waals surface area contributed by atoms with Crippen LogP contribution in [0, 0.1) is 12.8 Å². The van der Waals surface area contributed by atoms with Gasteiger partial charge in [0, 0.05) is 18.7 Å². The number of ether oxygens (including phenoxy) is 2. The van der Waals surface area contributed by atoms with Crippen molar-refractivity contribution < 1.29 is 14.3 Å². The van der Waals surface area contributed by atoms with Crippen molar-refractivity contribution in [2.45, 2.75) is 39.2 Å². The highest BCUT2D eigenvalue weighted by Gasteiger charge is 2.21. The van der Waals surface area contributed by atoms with Gasteiger partial charge in [-0.05, 0) is 61.4 Å². The first-order valence-electron chi connectivity index (χ1n) is 9.35. The molecule has 0 unspecified atom stereocenters. The number of aryl methyl sites for hydroxylation is 1. The van der Waals surface area contributed by atoms with Gasteiger partial charge in [-0.15, -0.1) is 0 Å². The van der Waals surface area contributed by atoms with Gasteiger partial charge in [0.05, 0.1) is 13.2 Å². The Kier molecular flexibility index (Phi) is 6.67. The Morgan fingerprint density at radius 3 is 2.81 bits per heavy atom. The molecule has 0 aromatic heterocycles. The highest BCUT2D eigenvalue weighted by Crippen LogP contribution is 2.29. The average molecular weight is 353 g/mol. The minimum atomic E-state index is 0.00873. The molecule has 3 rings (SSSR count). The highest BCUT2D eigenvalue weighted by atomic mass is 16.5. The van der Waals surface area contributed by atoms with Gasteiger partial charge in [-0.3, -0.25) is 4.79 Å². The molecule has 1 amide bonds. The van der Waals surface area contributed by atoms with E-state index in [2.05, 4.69) is 5.32 Å². The molecule has 138 valence electrons. The molecule has 1 saturated carbocycles. The first-order chi connectivity index (χ1) is 12.7. The van der Waals surface area contributed by atoms with E-state index in [1.54, 1.807) is 0 Å². The van der Waals surface area contributed by atoms with E-state index in [9.17, 15) is 4.79 Å². The Balaban J connectivity index is 1.36. The van der Waals surface area contributed by atoms with E-state index in [0.717, 1.165) is 35.1 Å². The topological polar surface area (TPSA) is 47.6 Å². The number of rotatable bonds is 10. The van der Waals surface area contributed by atoms with Crippen LogP contribution in [-0.2, 0) is 16.1 Å². The number of carbonyl (C=O) groups is 1. The van der Waals surface area contributed by atoms with Gasteiger partial charge in [0.25, 0.3) is 0 Å². The van der Waals surface area contributed by atoms with Crippen molar-refractivity contribution in [1.82, 2.24) is 0 Å². The van der Waals surface area contributed by atoms with Crippen molar-refractivity contribution in [1.29, 1.82) is 0 Å². The number of nitrogens with one attached hydrogen (secondary N) is 1. The number of para-hydroxylation sites is 1. The predicted octanol–water partition coefficient (Wildman–Crippen LogP) is 4.72. The van der Waals surface area contributed by atoms with Crippen molar-refractivity contribution in [3.05, 3.63) is 59.7 Å². The Bertz CT molecular complexity index is 725. The van der Waals surface area contributed by atoms with E-state index < -0.39 is 0 Å². The molecule has 26 heavy (non-hydrogen) atoms. The molecule has 0 atom stereocenters. The van der Waals surface area contributed by atoms with Gasteiger partial charge in [-0.2, -0.15) is 0 Å². The average Bonchev–Trinajstić information content (AvgIpc) is 3.45. The van der Waals surface area contributed by atoms with Crippen LogP contribution in [0.25, 0.3) is 0 Å². The van der Waals surface area contributed by atoms with Crippen LogP contribution in [0.2, 0.25) is 0 Å². The first-order valence-corrected chi connectivity index (χ1v) is 9.35. The molecule has 4 nitrogen and oxygen atoms in total. The third kappa shape index (κ3) is 6.19. The summed E-state index contributed by atoms with van der Waals surface area (Å²) in [5, 5.41) is 2.95. The van der Waals surface area contributed by atoms with E-state index in [1.807, 2.05) is 55.5 Å². The summed E-state index contributed by atoms with van der Waals surface area (Å²) in [6, 6.07) is 15.8. The molecule has 0 heterocycles. The van der Waals surface area contributed by atoms with Crippen molar-refractivity contribution >= 4 is 11.6 Å². The second-order valence-corrected chi connectivity index (χ2v) is 6.92. The molecule has 0 spiro atoms. The quantitative estimate of drug-likeness (QED) is 0.629. The van der Waals surface area contributed by atoms with E-state index in [4.69, 9.17) is 9.47 Å². The van der Waals surface area contributed by atoms with Crippen molar-refractivity contribution in [2.24, 2.45) is 5.92 Å². The molecule has 1 N–H and O–H groups in total. The molecule has 1 aliphatic carbocycles. The summed E-state index contributed by atoms with van der Waals surface area (Å²) in [5.74, 6) is 1.65. The Labute approximate surface area is 155 Å². The fraction of sp³-hybridized carbons (Fsp3) is 0.409. The number of hydrogen-bond donors (Lipinski definition) is 1. The smallest absolute Gasteiger partial charge is 0.224 e. The number of amides is 1. The molecular formula is C22H27NO3. The van der Waals surface area contributed by atoms with E-state index in [-0.39, 0.29) is 5.91 Å². The SMILES string of the molecule is Cc1ccccc1OCCCC(=O)Nc1cccc(COCC2CC2)c1. The molecule has 0 saturated heterocycles. The molecule has 2 aromatic carbocycles. The molecule has 0 bridgehead atoms. The van der Waals surface area contributed by atoms with Crippen LogP contribution >= 0.6 is 0 Å². The van der Waals surface area contributed by atoms with Crippen molar-refractivity contribution in [3.63, 3.8) is 0 Å². The largest absolute Gasteiger partial charge is 0.493 e. The number of carbonyl (C=O) groups excluding carboxylic acids is 1. The van der Waals surface area contributed by atoms with Crippen LogP contribution in [0.15, 0.2) is 48.5 Å². The molecule has 0 aliphatic heterocycles. The Morgan fingerprint density at radius 1 is 1.15 bits per heavy atom. The summed E-state index contributed by atoms with van der Waals surface area (Å²) in [6.07, 6.45) is 3.71. The van der Waals surface area contributed by atoms with Gasteiger partial charge >= 0.3 is 0 Å². The lowest BCUT2D eigenvalue weighted by atomic mass is 10.2. The summed E-state index contributed by atoms with van der Waals surface area (Å²) < 4.78 is 11.4. The third-order valence-corrected chi connectivity index (χ3v) is 4.43. The fourth-order valence-electron chi connectivity index (χ4n) is 2.72. The van der Waals surface area contributed by atoms with Gasteiger partial charge in [-0.1, -0.05) is 30.3 Å². The van der Waals surface area contributed by atoms with Crippen LogP contribution < -0.4 is 10.1 Å². The van der Waals surface area contributed by atoms with E-state index in [1.165, 1.54) is 12.8 Å². The van der Waals surface area contributed by atoms with Gasteiger partial charge in [0.1, 0.15) is 5.75 Å². The monoisotopic (exact) mass is 353 g/mol. The van der Waals surface area contributed by atoms with E-state index in [0.29, 0.717) is 26.1 Å². The maximum atomic E-state index is 12.1. The second kappa shape index (κ2) is 9.39. The van der Waals surface area contributed by atoms with E-state index >= 15 is 0 Å². The zero-order valence-electron chi connectivity index (χ0n) is 15.4. The maximum absolute atomic E-state index is 12.1. The lowest BCUT2D eigenvalue weighted by molar-refractivity contribution is -0.116. The van der Waals surface area contributed by atoms with Crippen LogP contribution in [0.3, 0.4) is 0 Å².